The summed E-state index contributed by atoms with van der Waals surface area (Å²) in [4.78, 5) is 28.0. The van der Waals surface area contributed by atoms with Gasteiger partial charge in [-0.05, 0) is 49.5 Å². The molecule has 0 atom stereocenters. The number of hydrogen-bond donors (Lipinski definition) is 2. The molecule has 1 heterocycles. The van der Waals surface area contributed by atoms with Crippen LogP contribution in [0, 0.1) is 4.77 Å². The van der Waals surface area contributed by atoms with Crippen LogP contribution in [-0.4, -0.2) is 29.7 Å². The minimum Gasteiger partial charge on any atom is -0.493 e. The van der Waals surface area contributed by atoms with Crippen LogP contribution in [0.25, 0.3) is 10.9 Å². The summed E-state index contributed by atoms with van der Waals surface area (Å²) in [5.41, 5.74) is 1.31. The number of H-pyrrole nitrogens is 1. The zero-order chi connectivity index (χ0) is 19.6. The van der Waals surface area contributed by atoms with Crippen LogP contribution in [0.15, 0.2) is 41.2 Å². The normalized spacial score (nSPS) is 10.6. The minimum absolute atomic E-state index is 0.178. The van der Waals surface area contributed by atoms with Crippen molar-refractivity contribution in [3.8, 4) is 11.5 Å². The maximum atomic E-state index is 12.6. The molecule has 7 nitrogen and oxygen atoms in total. The van der Waals surface area contributed by atoms with E-state index in [-0.39, 0.29) is 11.5 Å². The molecule has 0 unspecified atom stereocenters. The van der Waals surface area contributed by atoms with E-state index in [0.29, 0.717) is 45.0 Å². The molecule has 140 valence electrons. The topological polar surface area (TPSA) is 85.3 Å². The fourth-order valence-electron chi connectivity index (χ4n) is 2.80. The van der Waals surface area contributed by atoms with E-state index in [4.69, 9.17) is 21.7 Å². The molecular formula is C19H19N3O4S. The summed E-state index contributed by atoms with van der Waals surface area (Å²) in [6.45, 7) is 2.33. The molecule has 0 spiro atoms. The van der Waals surface area contributed by atoms with Crippen molar-refractivity contribution in [2.24, 2.45) is 0 Å². The highest BCUT2D eigenvalue weighted by molar-refractivity contribution is 7.71. The second-order valence-electron chi connectivity index (χ2n) is 5.76. The molecule has 0 radical (unpaired) electrons. The quantitative estimate of drug-likeness (QED) is 0.658. The molecule has 1 aromatic heterocycles. The summed E-state index contributed by atoms with van der Waals surface area (Å²) in [7, 11) is 3.07. The number of nitrogens with zero attached hydrogens (tertiary/aromatic N) is 1. The van der Waals surface area contributed by atoms with E-state index in [1.165, 1.54) is 11.7 Å². The highest BCUT2D eigenvalue weighted by atomic mass is 32.1. The van der Waals surface area contributed by atoms with Gasteiger partial charge in [-0.1, -0.05) is 0 Å². The first kappa shape index (κ1) is 18.7. The fraction of sp³-hybridized carbons (Fsp3) is 0.211. The van der Waals surface area contributed by atoms with Crippen molar-refractivity contribution < 1.29 is 14.3 Å². The number of methoxy groups -OCH3 is 2. The monoisotopic (exact) mass is 385 g/mol. The van der Waals surface area contributed by atoms with Crippen LogP contribution < -0.4 is 20.3 Å². The van der Waals surface area contributed by atoms with E-state index in [1.54, 1.807) is 43.5 Å². The second-order valence-corrected chi connectivity index (χ2v) is 6.15. The molecule has 0 aliphatic heterocycles. The summed E-state index contributed by atoms with van der Waals surface area (Å²) in [6, 6.07) is 9.94. The first-order chi connectivity index (χ1) is 13.0. The maximum absolute atomic E-state index is 12.6. The highest BCUT2D eigenvalue weighted by Gasteiger charge is 2.12. The molecule has 0 fully saturated rings. The van der Waals surface area contributed by atoms with Gasteiger partial charge in [0, 0.05) is 23.9 Å². The lowest BCUT2D eigenvalue weighted by molar-refractivity contribution is 0.102. The van der Waals surface area contributed by atoms with Crippen LogP contribution in [0.3, 0.4) is 0 Å². The van der Waals surface area contributed by atoms with Gasteiger partial charge in [-0.15, -0.1) is 0 Å². The third-order valence-corrected chi connectivity index (χ3v) is 4.52. The Kier molecular flexibility index (Phi) is 5.27. The molecule has 0 saturated heterocycles. The first-order valence-corrected chi connectivity index (χ1v) is 8.69. The predicted molar refractivity (Wildman–Crippen MR) is 107 cm³/mol. The van der Waals surface area contributed by atoms with Crippen molar-refractivity contribution in [3.63, 3.8) is 0 Å². The molecule has 8 heteroatoms. The van der Waals surface area contributed by atoms with Crippen LogP contribution in [0.5, 0.6) is 11.5 Å². The first-order valence-electron chi connectivity index (χ1n) is 8.28. The van der Waals surface area contributed by atoms with Gasteiger partial charge in [0.15, 0.2) is 16.3 Å². The Morgan fingerprint density at radius 2 is 1.89 bits per heavy atom. The van der Waals surface area contributed by atoms with Crippen LogP contribution in [-0.2, 0) is 6.54 Å². The van der Waals surface area contributed by atoms with Crippen molar-refractivity contribution in [3.05, 3.63) is 57.1 Å². The average Bonchev–Trinajstić information content (AvgIpc) is 2.67. The predicted octanol–water partition coefficient (Wildman–Crippen LogP) is 3.35. The van der Waals surface area contributed by atoms with Crippen molar-refractivity contribution in [1.82, 2.24) is 9.55 Å². The number of fused-ring (bicyclic) bond motifs is 1. The van der Waals surface area contributed by atoms with E-state index in [1.807, 2.05) is 6.92 Å². The van der Waals surface area contributed by atoms with Gasteiger partial charge in [0.25, 0.3) is 11.5 Å². The number of nitrogens with one attached hydrogen (secondary N) is 2. The standard InChI is InChI=1S/C19H19N3O4S/c1-4-22-18(24)13-7-5-11(9-14(13)21-19(22)27)17(23)20-12-6-8-15(25-2)16(10-12)26-3/h5-10H,4H2,1-3H3,(H,20,23)(H,21,27). The van der Waals surface area contributed by atoms with Gasteiger partial charge in [0.05, 0.1) is 25.1 Å². The van der Waals surface area contributed by atoms with Gasteiger partial charge in [-0.2, -0.15) is 0 Å². The van der Waals surface area contributed by atoms with Gasteiger partial charge in [0.2, 0.25) is 0 Å². The minimum atomic E-state index is -0.317. The molecule has 1 amide bonds. The van der Waals surface area contributed by atoms with Crippen LogP contribution in [0.2, 0.25) is 0 Å². The number of amides is 1. The number of anilines is 1. The number of ether oxygens (including phenoxy) is 2. The Morgan fingerprint density at radius 3 is 2.56 bits per heavy atom. The molecule has 2 aromatic carbocycles. The highest BCUT2D eigenvalue weighted by Crippen LogP contribution is 2.30. The Morgan fingerprint density at radius 1 is 1.15 bits per heavy atom. The van der Waals surface area contributed by atoms with Gasteiger partial charge in [-0.3, -0.25) is 14.2 Å². The Labute approximate surface area is 160 Å². The number of aromatic nitrogens is 2. The lowest BCUT2D eigenvalue weighted by Gasteiger charge is -2.11. The largest absolute Gasteiger partial charge is 0.493 e. The second kappa shape index (κ2) is 7.63. The number of aromatic amines is 1. The van der Waals surface area contributed by atoms with Crippen molar-refractivity contribution in [2.45, 2.75) is 13.5 Å². The van der Waals surface area contributed by atoms with E-state index in [9.17, 15) is 9.59 Å². The Bertz CT molecular complexity index is 1130. The summed E-state index contributed by atoms with van der Waals surface area (Å²) >= 11 is 5.21. The zero-order valence-electron chi connectivity index (χ0n) is 15.2. The third-order valence-electron chi connectivity index (χ3n) is 4.20. The summed E-state index contributed by atoms with van der Waals surface area (Å²) in [5, 5.41) is 3.28. The van der Waals surface area contributed by atoms with Crippen molar-refractivity contribution in [1.29, 1.82) is 0 Å². The summed E-state index contributed by atoms with van der Waals surface area (Å²) < 4.78 is 12.2. The zero-order valence-corrected chi connectivity index (χ0v) is 16.0. The molecule has 2 N–H and O–H groups in total. The van der Waals surface area contributed by atoms with E-state index in [2.05, 4.69) is 10.3 Å². The SMILES string of the molecule is CCn1c(=S)[nH]c2cc(C(=O)Nc3ccc(OC)c(OC)c3)ccc2c1=O. The summed E-state index contributed by atoms with van der Waals surface area (Å²) in [5.74, 6) is 0.766. The third kappa shape index (κ3) is 3.56. The van der Waals surface area contributed by atoms with Crippen LogP contribution in [0.4, 0.5) is 5.69 Å². The molecule has 3 aromatic rings. The number of hydrogen-bond acceptors (Lipinski definition) is 5. The molecule has 0 aliphatic rings. The van der Waals surface area contributed by atoms with Crippen LogP contribution >= 0.6 is 12.2 Å². The van der Waals surface area contributed by atoms with E-state index < -0.39 is 0 Å². The number of carbonyl (C=O) groups is 1. The van der Waals surface area contributed by atoms with Crippen molar-refractivity contribution in [2.75, 3.05) is 19.5 Å². The van der Waals surface area contributed by atoms with Gasteiger partial charge in [0.1, 0.15) is 0 Å². The molecule has 27 heavy (non-hydrogen) atoms. The lowest BCUT2D eigenvalue weighted by Crippen LogP contribution is -2.21. The number of rotatable bonds is 5. The fourth-order valence-corrected chi connectivity index (χ4v) is 3.12. The molecule has 3 rings (SSSR count). The lowest BCUT2D eigenvalue weighted by atomic mass is 10.1. The average molecular weight is 385 g/mol. The molecule has 0 saturated carbocycles. The van der Waals surface area contributed by atoms with Crippen molar-refractivity contribution >= 4 is 34.7 Å². The number of benzene rings is 2. The maximum Gasteiger partial charge on any atom is 0.262 e. The van der Waals surface area contributed by atoms with E-state index in [0.717, 1.165) is 0 Å². The molecule has 0 bridgehead atoms. The Hall–Kier alpha value is -3.13. The van der Waals surface area contributed by atoms with Gasteiger partial charge in [-0.25, -0.2) is 0 Å². The summed E-state index contributed by atoms with van der Waals surface area (Å²) in [6.07, 6.45) is 0. The molecule has 0 aliphatic carbocycles. The number of carbonyl (C=O) groups excluding carboxylic acids is 1. The molecular weight excluding hydrogens is 366 g/mol. The van der Waals surface area contributed by atoms with Gasteiger partial charge < -0.3 is 19.8 Å². The Balaban J connectivity index is 1.94. The van der Waals surface area contributed by atoms with Crippen LogP contribution in [0.1, 0.15) is 17.3 Å². The van der Waals surface area contributed by atoms with Gasteiger partial charge >= 0.3 is 0 Å². The van der Waals surface area contributed by atoms with E-state index >= 15 is 0 Å². The smallest absolute Gasteiger partial charge is 0.262 e.